The number of ether oxygens (including phenoxy) is 2. The van der Waals surface area contributed by atoms with Crippen LogP contribution in [-0.4, -0.2) is 32.6 Å². The van der Waals surface area contributed by atoms with Gasteiger partial charge in [0.25, 0.3) is 0 Å². The average molecular weight is 385 g/mol. The van der Waals surface area contributed by atoms with Gasteiger partial charge in [-0.3, -0.25) is 4.98 Å². The molecule has 0 aliphatic heterocycles. The maximum absolute atomic E-state index is 12.6. The van der Waals surface area contributed by atoms with Crippen LogP contribution in [0, 0.1) is 0 Å². The van der Waals surface area contributed by atoms with Gasteiger partial charge in [0.05, 0.1) is 37.8 Å². The normalized spacial score (nSPS) is 11.2. The van der Waals surface area contributed by atoms with Gasteiger partial charge >= 0.3 is 0 Å². The zero-order valence-corrected chi connectivity index (χ0v) is 15.7. The van der Waals surface area contributed by atoms with Crippen molar-refractivity contribution in [2.45, 2.75) is 11.4 Å². The van der Waals surface area contributed by atoms with Crippen molar-refractivity contribution in [1.29, 1.82) is 0 Å². The summed E-state index contributed by atoms with van der Waals surface area (Å²) in [5, 5.41) is 0. The van der Waals surface area contributed by atoms with Crippen molar-refractivity contribution >= 4 is 10.0 Å². The lowest BCUT2D eigenvalue weighted by Crippen LogP contribution is -2.24. The minimum Gasteiger partial charge on any atom is -0.497 e. The molecule has 1 N–H and O–H groups in total. The molecule has 0 spiro atoms. The number of rotatable bonds is 7. The molecule has 0 aliphatic carbocycles. The third kappa shape index (κ3) is 4.42. The summed E-state index contributed by atoms with van der Waals surface area (Å²) in [6.45, 7) is -0.00256. The molecule has 0 radical (unpaired) electrons. The smallest absolute Gasteiger partial charge is 0.244 e. The Balaban J connectivity index is 1.87. The number of nitrogens with one attached hydrogen (secondary N) is 1. The predicted octanol–water partition coefficient (Wildman–Crippen LogP) is 2.64. The lowest BCUT2D eigenvalue weighted by molar-refractivity contribution is 0.402. The molecule has 2 heterocycles. The topological polar surface area (TPSA) is 90.4 Å². The largest absolute Gasteiger partial charge is 0.497 e. The van der Waals surface area contributed by atoms with Gasteiger partial charge in [-0.1, -0.05) is 18.2 Å². The number of sulfonamides is 1. The Kier molecular flexibility index (Phi) is 5.68. The van der Waals surface area contributed by atoms with Gasteiger partial charge in [0.2, 0.25) is 10.0 Å². The van der Waals surface area contributed by atoms with Crippen molar-refractivity contribution in [3.05, 3.63) is 66.5 Å². The third-order valence-electron chi connectivity index (χ3n) is 3.82. The fraction of sp³-hybridized carbons (Fsp3) is 0.158. The fourth-order valence-corrected chi connectivity index (χ4v) is 3.67. The van der Waals surface area contributed by atoms with E-state index in [1.807, 2.05) is 18.2 Å². The highest BCUT2D eigenvalue weighted by Gasteiger charge is 2.19. The Morgan fingerprint density at radius 2 is 1.74 bits per heavy atom. The second-order valence-corrected chi connectivity index (χ2v) is 7.31. The van der Waals surface area contributed by atoms with Gasteiger partial charge in [-0.25, -0.2) is 18.1 Å². The predicted molar refractivity (Wildman–Crippen MR) is 101 cm³/mol. The van der Waals surface area contributed by atoms with E-state index in [-0.39, 0.29) is 17.2 Å². The summed E-state index contributed by atoms with van der Waals surface area (Å²) < 4.78 is 38.3. The molecule has 2 aromatic heterocycles. The number of pyridine rings is 2. The van der Waals surface area contributed by atoms with Gasteiger partial charge in [0.15, 0.2) is 0 Å². The van der Waals surface area contributed by atoms with Crippen LogP contribution in [0.4, 0.5) is 0 Å². The van der Waals surface area contributed by atoms with Crippen LogP contribution in [0.5, 0.6) is 11.5 Å². The number of nitrogens with zero attached hydrogens (tertiary/aromatic N) is 2. The van der Waals surface area contributed by atoms with Crippen LogP contribution < -0.4 is 14.2 Å². The van der Waals surface area contributed by atoms with E-state index >= 15 is 0 Å². The Bertz CT molecular complexity index is 1020. The molecule has 140 valence electrons. The number of hydrogen-bond donors (Lipinski definition) is 1. The molecule has 3 rings (SSSR count). The lowest BCUT2D eigenvalue weighted by Gasteiger charge is -2.11. The molecule has 7 nitrogen and oxygen atoms in total. The van der Waals surface area contributed by atoms with E-state index in [4.69, 9.17) is 9.47 Å². The van der Waals surface area contributed by atoms with E-state index in [1.165, 1.54) is 13.2 Å². The summed E-state index contributed by atoms with van der Waals surface area (Å²) in [6.07, 6.45) is 1.67. The van der Waals surface area contributed by atoms with Gasteiger partial charge in [-0.05, 0) is 24.3 Å². The SMILES string of the molecule is COc1cc(CNS(=O)(=O)c2ccccc2OC)nc(-c2ccccn2)c1. The van der Waals surface area contributed by atoms with Gasteiger partial charge in [0, 0.05) is 18.3 Å². The summed E-state index contributed by atoms with van der Waals surface area (Å²) in [7, 11) is -0.800. The molecular weight excluding hydrogens is 366 g/mol. The molecule has 0 unspecified atom stereocenters. The summed E-state index contributed by atoms with van der Waals surface area (Å²) in [5.74, 6) is 0.843. The second kappa shape index (κ2) is 8.15. The molecule has 8 heteroatoms. The Labute approximate surface area is 158 Å². The quantitative estimate of drug-likeness (QED) is 0.672. The van der Waals surface area contributed by atoms with E-state index in [2.05, 4.69) is 14.7 Å². The van der Waals surface area contributed by atoms with Crippen molar-refractivity contribution in [2.75, 3.05) is 14.2 Å². The van der Waals surface area contributed by atoms with Gasteiger partial charge < -0.3 is 9.47 Å². The van der Waals surface area contributed by atoms with Crippen molar-refractivity contribution in [3.8, 4) is 22.9 Å². The molecule has 0 atom stereocenters. The second-order valence-electron chi connectivity index (χ2n) is 5.57. The Morgan fingerprint density at radius 1 is 0.963 bits per heavy atom. The van der Waals surface area contributed by atoms with Gasteiger partial charge in [-0.2, -0.15) is 0 Å². The number of hydrogen-bond acceptors (Lipinski definition) is 6. The van der Waals surface area contributed by atoms with Crippen molar-refractivity contribution in [1.82, 2.24) is 14.7 Å². The van der Waals surface area contributed by atoms with E-state index in [0.29, 0.717) is 22.8 Å². The van der Waals surface area contributed by atoms with Crippen LogP contribution in [0.25, 0.3) is 11.4 Å². The van der Waals surface area contributed by atoms with Crippen LogP contribution in [0.2, 0.25) is 0 Å². The maximum Gasteiger partial charge on any atom is 0.244 e. The molecule has 0 fully saturated rings. The van der Waals surface area contributed by atoms with Crippen LogP contribution >= 0.6 is 0 Å². The maximum atomic E-state index is 12.6. The first-order valence-electron chi connectivity index (χ1n) is 8.12. The standard InChI is InChI=1S/C19H19N3O4S/c1-25-15-11-14(22-17(12-15)16-7-5-6-10-20-16)13-21-27(23,24)19-9-4-3-8-18(19)26-2/h3-12,21H,13H2,1-2H3. The summed E-state index contributed by atoms with van der Waals surface area (Å²) in [5.41, 5.74) is 1.78. The summed E-state index contributed by atoms with van der Waals surface area (Å²) in [4.78, 5) is 8.83. The van der Waals surface area contributed by atoms with Gasteiger partial charge in [-0.15, -0.1) is 0 Å². The van der Waals surface area contributed by atoms with E-state index < -0.39 is 10.0 Å². The highest BCUT2D eigenvalue weighted by Crippen LogP contribution is 2.24. The molecule has 0 saturated heterocycles. The first kappa shape index (κ1) is 18.8. The van der Waals surface area contributed by atoms with Crippen molar-refractivity contribution < 1.29 is 17.9 Å². The highest BCUT2D eigenvalue weighted by molar-refractivity contribution is 7.89. The van der Waals surface area contributed by atoms with Crippen LogP contribution in [-0.2, 0) is 16.6 Å². The molecule has 0 bridgehead atoms. The minimum atomic E-state index is -3.77. The van der Waals surface area contributed by atoms with Crippen molar-refractivity contribution in [3.63, 3.8) is 0 Å². The zero-order valence-electron chi connectivity index (χ0n) is 14.9. The monoisotopic (exact) mass is 385 g/mol. The summed E-state index contributed by atoms with van der Waals surface area (Å²) >= 11 is 0. The number of aromatic nitrogens is 2. The molecule has 27 heavy (non-hydrogen) atoms. The van der Waals surface area contributed by atoms with Crippen LogP contribution in [0.15, 0.2) is 65.7 Å². The molecule has 1 aromatic carbocycles. The van der Waals surface area contributed by atoms with E-state index in [0.717, 1.165) is 0 Å². The Hall–Kier alpha value is -2.97. The fourth-order valence-electron chi connectivity index (χ4n) is 2.50. The molecule has 0 aliphatic rings. The minimum absolute atomic E-state index is 0.00256. The number of methoxy groups -OCH3 is 2. The first-order chi connectivity index (χ1) is 13.0. The van der Waals surface area contributed by atoms with Crippen molar-refractivity contribution in [2.24, 2.45) is 0 Å². The lowest BCUT2D eigenvalue weighted by atomic mass is 10.2. The van der Waals surface area contributed by atoms with E-state index in [9.17, 15) is 8.42 Å². The molecule has 3 aromatic rings. The third-order valence-corrected chi connectivity index (χ3v) is 5.26. The molecule has 0 saturated carbocycles. The molecule has 0 amide bonds. The van der Waals surface area contributed by atoms with Gasteiger partial charge in [0.1, 0.15) is 16.4 Å². The van der Waals surface area contributed by atoms with Crippen LogP contribution in [0.1, 0.15) is 5.69 Å². The highest BCUT2D eigenvalue weighted by atomic mass is 32.2. The number of para-hydroxylation sites is 1. The number of benzene rings is 1. The first-order valence-corrected chi connectivity index (χ1v) is 9.61. The van der Waals surface area contributed by atoms with Crippen LogP contribution in [0.3, 0.4) is 0 Å². The molecular formula is C19H19N3O4S. The average Bonchev–Trinajstić information content (AvgIpc) is 2.72. The van der Waals surface area contributed by atoms with E-state index in [1.54, 1.807) is 43.6 Å². The summed E-state index contributed by atoms with van der Waals surface area (Å²) in [6, 6.07) is 15.3. The zero-order chi connectivity index (χ0) is 19.3. The Morgan fingerprint density at radius 3 is 2.44 bits per heavy atom.